The molecular weight excluding hydrogens is 230 g/mol. The molecule has 0 fully saturated rings. The van der Waals surface area contributed by atoms with Crippen molar-refractivity contribution in [2.24, 2.45) is 0 Å². The van der Waals surface area contributed by atoms with Crippen LogP contribution in [-0.4, -0.2) is 25.0 Å². The lowest BCUT2D eigenvalue weighted by Crippen LogP contribution is -2.21. The predicted molar refractivity (Wildman–Crippen MR) is 75.6 cm³/mol. The molecule has 0 heterocycles. The second kappa shape index (κ2) is 7.75. The van der Waals surface area contributed by atoms with Crippen LogP contribution in [0.5, 0.6) is 0 Å². The van der Waals surface area contributed by atoms with Gasteiger partial charge in [0.05, 0.1) is 6.61 Å². The molecule has 1 aromatic rings. The van der Waals surface area contributed by atoms with Crippen molar-refractivity contribution in [3.63, 3.8) is 0 Å². The van der Waals surface area contributed by atoms with Gasteiger partial charge in [0.1, 0.15) is 0 Å². The number of thioether (sulfide) groups is 1. The van der Waals surface area contributed by atoms with E-state index in [1.165, 1.54) is 10.5 Å². The summed E-state index contributed by atoms with van der Waals surface area (Å²) in [4.78, 5) is 1.31. The van der Waals surface area contributed by atoms with E-state index in [0.29, 0.717) is 11.3 Å². The molecule has 1 atom stereocenters. The molecule has 0 aliphatic heterocycles. The van der Waals surface area contributed by atoms with Crippen LogP contribution in [0, 0.1) is 0 Å². The Balaban J connectivity index is 2.44. The van der Waals surface area contributed by atoms with Crippen molar-refractivity contribution >= 4 is 11.8 Å². The lowest BCUT2D eigenvalue weighted by Gasteiger charge is -2.11. The number of ether oxygens (including phenoxy) is 1. The van der Waals surface area contributed by atoms with E-state index in [0.717, 1.165) is 13.2 Å². The Morgan fingerprint density at radius 2 is 1.82 bits per heavy atom. The molecule has 0 spiro atoms. The number of benzene rings is 1. The average molecular weight is 253 g/mol. The van der Waals surface area contributed by atoms with Crippen LogP contribution in [0.15, 0.2) is 29.2 Å². The van der Waals surface area contributed by atoms with Crippen LogP contribution >= 0.6 is 11.8 Å². The molecule has 3 heteroatoms. The maximum atomic E-state index is 5.13. The van der Waals surface area contributed by atoms with E-state index in [1.807, 2.05) is 11.8 Å². The minimum absolute atomic E-state index is 0.500. The fourth-order valence-electron chi connectivity index (χ4n) is 1.51. The summed E-state index contributed by atoms with van der Waals surface area (Å²) >= 11 is 1.86. The van der Waals surface area contributed by atoms with Crippen LogP contribution in [0.4, 0.5) is 0 Å². The van der Waals surface area contributed by atoms with Crippen molar-refractivity contribution in [1.29, 1.82) is 0 Å². The quantitative estimate of drug-likeness (QED) is 0.753. The SMILES string of the molecule is COCC(C)Sc1ccc(CNC(C)C)cc1. The third-order valence-corrected chi connectivity index (χ3v) is 3.46. The Morgan fingerprint density at radius 3 is 2.35 bits per heavy atom. The third-order valence-electron chi connectivity index (χ3n) is 2.38. The van der Waals surface area contributed by atoms with E-state index < -0.39 is 0 Å². The smallest absolute Gasteiger partial charge is 0.0582 e. The first kappa shape index (κ1) is 14.6. The number of nitrogens with one attached hydrogen (secondary N) is 1. The van der Waals surface area contributed by atoms with E-state index >= 15 is 0 Å². The van der Waals surface area contributed by atoms with Gasteiger partial charge in [-0.2, -0.15) is 0 Å². The van der Waals surface area contributed by atoms with Crippen molar-refractivity contribution < 1.29 is 4.74 Å². The highest BCUT2D eigenvalue weighted by Crippen LogP contribution is 2.23. The normalized spacial score (nSPS) is 13.0. The summed E-state index contributed by atoms with van der Waals surface area (Å²) in [7, 11) is 1.75. The summed E-state index contributed by atoms with van der Waals surface area (Å²) in [5, 5.41) is 3.92. The Bertz CT molecular complexity index is 311. The highest BCUT2D eigenvalue weighted by molar-refractivity contribution is 8.00. The fourth-order valence-corrected chi connectivity index (χ4v) is 2.47. The van der Waals surface area contributed by atoms with E-state index in [4.69, 9.17) is 4.74 Å². The fraction of sp³-hybridized carbons (Fsp3) is 0.571. The van der Waals surface area contributed by atoms with Crippen LogP contribution < -0.4 is 5.32 Å². The van der Waals surface area contributed by atoms with Gasteiger partial charge in [-0.15, -0.1) is 11.8 Å². The van der Waals surface area contributed by atoms with Crippen molar-refractivity contribution in [2.75, 3.05) is 13.7 Å². The zero-order valence-corrected chi connectivity index (χ0v) is 12.0. The monoisotopic (exact) mass is 253 g/mol. The first-order chi connectivity index (χ1) is 8.11. The molecule has 0 radical (unpaired) electrons. The van der Waals surface area contributed by atoms with Gasteiger partial charge in [-0.25, -0.2) is 0 Å². The summed E-state index contributed by atoms with van der Waals surface area (Å²) < 4.78 is 5.13. The minimum Gasteiger partial charge on any atom is -0.384 e. The van der Waals surface area contributed by atoms with Gasteiger partial charge in [0.25, 0.3) is 0 Å². The number of hydrogen-bond acceptors (Lipinski definition) is 3. The average Bonchev–Trinajstić information content (AvgIpc) is 2.28. The minimum atomic E-state index is 0.500. The zero-order valence-electron chi connectivity index (χ0n) is 11.2. The molecule has 96 valence electrons. The number of hydrogen-bond donors (Lipinski definition) is 1. The molecular formula is C14H23NOS. The first-order valence-electron chi connectivity index (χ1n) is 6.09. The molecule has 1 rings (SSSR count). The van der Waals surface area contributed by atoms with E-state index in [9.17, 15) is 0 Å². The molecule has 0 saturated carbocycles. The summed E-state index contributed by atoms with van der Waals surface area (Å²) in [6.07, 6.45) is 0. The molecule has 1 N–H and O–H groups in total. The van der Waals surface area contributed by atoms with Gasteiger partial charge in [0, 0.05) is 29.8 Å². The van der Waals surface area contributed by atoms with Crippen molar-refractivity contribution in [1.82, 2.24) is 5.32 Å². The Morgan fingerprint density at radius 1 is 1.18 bits per heavy atom. The van der Waals surface area contributed by atoms with Gasteiger partial charge in [-0.05, 0) is 17.7 Å². The molecule has 0 aliphatic rings. The topological polar surface area (TPSA) is 21.3 Å². The Hall–Kier alpha value is -0.510. The maximum Gasteiger partial charge on any atom is 0.0582 e. The Kier molecular flexibility index (Phi) is 6.63. The van der Waals surface area contributed by atoms with Crippen molar-refractivity contribution in [3.8, 4) is 0 Å². The lowest BCUT2D eigenvalue weighted by atomic mass is 10.2. The molecule has 0 aliphatic carbocycles. The zero-order chi connectivity index (χ0) is 12.7. The molecule has 0 saturated heterocycles. The Labute approximate surface area is 109 Å². The van der Waals surface area contributed by atoms with Gasteiger partial charge < -0.3 is 10.1 Å². The van der Waals surface area contributed by atoms with Crippen LogP contribution in [0.1, 0.15) is 26.3 Å². The van der Waals surface area contributed by atoms with Crippen LogP contribution in [-0.2, 0) is 11.3 Å². The number of rotatable bonds is 7. The van der Waals surface area contributed by atoms with Crippen molar-refractivity contribution in [2.45, 2.75) is 43.5 Å². The highest BCUT2D eigenvalue weighted by Gasteiger charge is 2.03. The summed E-state index contributed by atoms with van der Waals surface area (Å²) in [6, 6.07) is 9.29. The van der Waals surface area contributed by atoms with Gasteiger partial charge in [-0.3, -0.25) is 0 Å². The highest BCUT2D eigenvalue weighted by atomic mass is 32.2. The number of methoxy groups -OCH3 is 1. The van der Waals surface area contributed by atoms with E-state index in [1.54, 1.807) is 7.11 Å². The van der Waals surface area contributed by atoms with Gasteiger partial charge in [0.2, 0.25) is 0 Å². The maximum absolute atomic E-state index is 5.13. The largest absolute Gasteiger partial charge is 0.384 e. The summed E-state index contributed by atoms with van der Waals surface area (Å²) in [5.41, 5.74) is 1.34. The van der Waals surface area contributed by atoms with Crippen LogP contribution in [0.25, 0.3) is 0 Å². The van der Waals surface area contributed by atoms with Crippen LogP contribution in [0.3, 0.4) is 0 Å². The summed E-state index contributed by atoms with van der Waals surface area (Å²) in [5.74, 6) is 0. The van der Waals surface area contributed by atoms with Crippen LogP contribution in [0.2, 0.25) is 0 Å². The second-order valence-electron chi connectivity index (χ2n) is 4.56. The molecule has 0 bridgehead atoms. The standard InChI is InChI=1S/C14H23NOS/c1-11(2)15-9-13-5-7-14(8-6-13)17-12(3)10-16-4/h5-8,11-12,15H,9-10H2,1-4H3. The third kappa shape index (κ3) is 6.10. The first-order valence-corrected chi connectivity index (χ1v) is 6.97. The molecule has 17 heavy (non-hydrogen) atoms. The van der Waals surface area contributed by atoms with E-state index in [-0.39, 0.29) is 0 Å². The van der Waals surface area contributed by atoms with Gasteiger partial charge in [-0.1, -0.05) is 32.9 Å². The molecule has 1 unspecified atom stereocenters. The molecule has 0 amide bonds. The molecule has 2 nitrogen and oxygen atoms in total. The van der Waals surface area contributed by atoms with Gasteiger partial charge >= 0.3 is 0 Å². The van der Waals surface area contributed by atoms with Gasteiger partial charge in [0.15, 0.2) is 0 Å². The summed E-state index contributed by atoms with van der Waals surface area (Å²) in [6.45, 7) is 8.24. The van der Waals surface area contributed by atoms with E-state index in [2.05, 4.69) is 50.4 Å². The molecule has 1 aromatic carbocycles. The van der Waals surface area contributed by atoms with Crippen molar-refractivity contribution in [3.05, 3.63) is 29.8 Å². The second-order valence-corrected chi connectivity index (χ2v) is 6.08. The lowest BCUT2D eigenvalue weighted by molar-refractivity contribution is 0.203. The molecule has 0 aromatic heterocycles. The predicted octanol–water partition coefficient (Wildman–Crippen LogP) is 3.31.